The Morgan fingerprint density at radius 1 is 1.16 bits per heavy atom. The Kier molecular flexibility index (Phi) is 6.87. The molecule has 11 heteroatoms. The van der Waals surface area contributed by atoms with E-state index in [0.717, 1.165) is 0 Å². The third kappa shape index (κ3) is 5.47. The van der Waals surface area contributed by atoms with Crippen molar-refractivity contribution in [1.82, 2.24) is 19.5 Å². The Morgan fingerprint density at radius 2 is 1.91 bits per heavy atom. The van der Waals surface area contributed by atoms with Crippen LogP contribution in [0.3, 0.4) is 0 Å². The Bertz CT molecular complexity index is 1260. The summed E-state index contributed by atoms with van der Waals surface area (Å²) in [7, 11) is -2.13. The number of para-hydroxylation sites is 1. The molecule has 0 unspecified atom stereocenters. The van der Waals surface area contributed by atoms with Crippen LogP contribution in [0.2, 0.25) is 0 Å². The number of ether oxygens (including phenoxy) is 1. The van der Waals surface area contributed by atoms with Gasteiger partial charge in [0.25, 0.3) is 5.56 Å². The molecule has 0 aliphatic heterocycles. The average molecular weight is 462 g/mol. The van der Waals surface area contributed by atoms with Gasteiger partial charge in [-0.25, -0.2) is 12.8 Å². The summed E-state index contributed by atoms with van der Waals surface area (Å²) in [6.07, 6.45) is 2.67. The van der Waals surface area contributed by atoms with Crippen LogP contribution >= 0.6 is 0 Å². The molecule has 0 atom stereocenters. The minimum absolute atomic E-state index is 0.0656. The lowest BCUT2D eigenvalue weighted by atomic mass is 10.2. The second kappa shape index (κ2) is 9.43. The van der Waals surface area contributed by atoms with Crippen LogP contribution < -0.4 is 15.0 Å². The van der Waals surface area contributed by atoms with E-state index in [-0.39, 0.29) is 34.8 Å². The Labute approximate surface area is 185 Å². The lowest BCUT2D eigenvalue weighted by Crippen LogP contribution is -2.20. The van der Waals surface area contributed by atoms with E-state index in [9.17, 15) is 17.6 Å². The second-order valence-corrected chi connectivity index (χ2v) is 9.20. The van der Waals surface area contributed by atoms with E-state index in [0.29, 0.717) is 29.5 Å². The number of halogens is 1. The van der Waals surface area contributed by atoms with Gasteiger partial charge in [-0.05, 0) is 38.0 Å². The standard InChI is InChI=1S/C21H24FN5O4S/c1-5-6-10-32(29,30)26-20-23-18(15-11-14(3)19(28)27(4)12-15)24-21(25-20)31-17-13(2)8-7-9-16(17)22/h7-9,11-12H,5-6,10H2,1-4H3,(H,23,24,25,26). The topological polar surface area (TPSA) is 116 Å². The van der Waals surface area contributed by atoms with Gasteiger partial charge in [-0.3, -0.25) is 9.52 Å². The number of pyridine rings is 1. The minimum Gasteiger partial charge on any atom is -0.421 e. The first-order chi connectivity index (χ1) is 15.1. The third-order valence-corrected chi connectivity index (χ3v) is 5.93. The van der Waals surface area contributed by atoms with Gasteiger partial charge in [0, 0.05) is 24.4 Å². The Morgan fingerprint density at radius 3 is 2.56 bits per heavy atom. The van der Waals surface area contributed by atoms with Crippen LogP contribution in [0.1, 0.15) is 30.9 Å². The monoisotopic (exact) mass is 461 g/mol. The molecule has 0 fully saturated rings. The molecule has 0 aliphatic rings. The molecule has 3 rings (SSSR count). The van der Waals surface area contributed by atoms with Crippen molar-refractivity contribution in [3.63, 3.8) is 0 Å². The predicted octanol–water partition coefficient (Wildman–Crippen LogP) is 3.33. The number of aromatic nitrogens is 4. The Balaban J connectivity index is 2.10. The fourth-order valence-corrected chi connectivity index (χ4v) is 4.08. The van der Waals surface area contributed by atoms with Gasteiger partial charge >= 0.3 is 6.01 Å². The number of nitrogens with one attached hydrogen (secondary N) is 1. The molecular formula is C21H24FN5O4S. The lowest BCUT2D eigenvalue weighted by molar-refractivity contribution is 0.407. The normalized spacial score (nSPS) is 11.4. The number of nitrogens with zero attached hydrogens (tertiary/aromatic N) is 4. The highest BCUT2D eigenvalue weighted by molar-refractivity contribution is 7.92. The summed E-state index contributed by atoms with van der Waals surface area (Å²) in [5.41, 5.74) is 1.20. The van der Waals surface area contributed by atoms with E-state index in [1.165, 1.54) is 22.9 Å². The van der Waals surface area contributed by atoms with Crippen molar-refractivity contribution in [3.8, 4) is 23.1 Å². The van der Waals surface area contributed by atoms with Crippen molar-refractivity contribution in [1.29, 1.82) is 0 Å². The summed E-state index contributed by atoms with van der Waals surface area (Å²) < 4.78 is 48.3. The lowest BCUT2D eigenvalue weighted by Gasteiger charge is -2.12. The maximum atomic E-state index is 14.3. The van der Waals surface area contributed by atoms with Gasteiger partial charge < -0.3 is 9.30 Å². The number of sulfonamides is 1. The maximum absolute atomic E-state index is 14.3. The average Bonchev–Trinajstić information content (AvgIpc) is 2.72. The van der Waals surface area contributed by atoms with E-state index < -0.39 is 15.8 Å². The second-order valence-electron chi connectivity index (χ2n) is 7.36. The number of hydrogen-bond acceptors (Lipinski definition) is 7. The summed E-state index contributed by atoms with van der Waals surface area (Å²) >= 11 is 0. The molecule has 1 aromatic carbocycles. The SMILES string of the molecule is CCCCS(=O)(=O)Nc1nc(Oc2c(C)cccc2F)nc(-c2cc(C)c(=O)n(C)c2)n1. The van der Waals surface area contributed by atoms with Crippen LogP contribution in [0.25, 0.3) is 11.4 Å². The number of rotatable bonds is 8. The number of aryl methyl sites for hydroxylation is 3. The molecule has 0 aliphatic carbocycles. The summed E-state index contributed by atoms with van der Waals surface area (Å²) in [6.45, 7) is 5.17. The highest BCUT2D eigenvalue weighted by Crippen LogP contribution is 2.28. The maximum Gasteiger partial charge on any atom is 0.327 e. The summed E-state index contributed by atoms with van der Waals surface area (Å²) in [5, 5.41) is 0. The van der Waals surface area contributed by atoms with E-state index in [4.69, 9.17) is 4.74 Å². The molecule has 0 amide bonds. The van der Waals surface area contributed by atoms with Crippen LogP contribution in [0.5, 0.6) is 11.8 Å². The van der Waals surface area contributed by atoms with Crippen LogP contribution in [-0.2, 0) is 17.1 Å². The zero-order valence-electron chi connectivity index (χ0n) is 18.2. The first kappa shape index (κ1) is 23.3. The first-order valence-corrected chi connectivity index (χ1v) is 11.6. The number of hydrogen-bond donors (Lipinski definition) is 1. The molecule has 2 heterocycles. The van der Waals surface area contributed by atoms with Gasteiger partial charge in [0.1, 0.15) is 0 Å². The van der Waals surface area contributed by atoms with Gasteiger partial charge in [0.15, 0.2) is 17.4 Å². The molecule has 0 bridgehead atoms. The molecule has 0 spiro atoms. The zero-order chi connectivity index (χ0) is 23.5. The largest absolute Gasteiger partial charge is 0.421 e. The third-order valence-electron chi connectivity index (χ3n) is 4.61. The fraction of sp³-hybridized carbons (Fsp3) is 0.333. The number of anilines is 1. The molecule has 0 radical (unpaired) electrons. The smallest absolute Gasteiger partial charge is 0.327 e. The molecule has 2 aromatic heterocycles. The van der Waals surface area contributed by atoms with Crippen LogP contribution in [0.4, 0.5) is 10.3 Å². The molecule has 0 saturated heterocycles. The molecule has 0 saturated carbocycles. The van der Waals surface area contributed by atoms with E-state index in [1.807, 2.05) is 6.92 Å². The van der Waals surface area contributed by atoms with Crippen molar-refractivity contribution < 1.29 is 17.5 Å². The van der Waals surface area contributed by atoms with E-state index in [1.54, 1.807) is 33.0 Å². The van der Waals surface area contributed by atoms with Gasteiger partial charge in [-0.15, -0.1) is 0 Å². The molecule has 3 aromatic rings. The highest BCUT2D eigenvalue weighted by atomic mass is 32.2. The number of benzene rings is 1. The fourth-order valence-electron chi connectivity index (χ4n) is 2.94. The molecule has 32 heavy (non-hydrogen) atoms. The van der Waals surface area contributed by atoms with Crippen molar-refractivity contribution in [2.75, 3.05) is 10.5 Å². The van der Waals surface area contributed by atoms with Crippen molar-refractivity contribution >= 4 is 16.0 Å². The molecule has 9 nitrogen and oxygen atoms in total. The van der Waals surface area contributed by atoms with Crippen molar-refractivity contribution in [3.05, 3.63) is 57.8 Å². The highest BCUT2D eigenvalue weighted by Gasteiger charge is 2.18. The minimum atomic E-state index is -3.71. The summed E-state index contributed by atoms with van der Waals surface area (Å²) in [4.78, 5) is 24.5. The van der Waals surface area contributed by atoms with Gasteiger partial charge in [0.2, 0.25) is 16.0 Å². The Hall–Kier alpha value is -3.34. The summed E-state index contributed by atoms with van der Waals surface area (Å²) in [5.74, 6) is -1.000. The van der Waals surface area contributed by atoms with Crippen LogP contribution in [-0.4, -0.2) is 33.7 Å². The predicted molar refractivity (Wildman–Crippen MR) is 119 cm³/mol. The van der Waals surface area contributed by atoms with Crippen molar-refractivity contribution in [2.24, 2.45) is 7.05 Å². The van der Waals surface area contributed by atoms with Crippen LogP contribution in [0.15, 0.2) is 35.3 Å². The van der Waals surface area contributed by atoms with E-state index >= 15 is 0 Å². The quantitative estimate of drug-likeness (QED) is 0.547. The van der Waals surface area contributed by atoms with Crippen molar-refractivity contribution in [2.45, 2.75) is 33.6 Å². The number of unbranched alkanes of at least 4 members (excludes halogenated alkanes) is 1. The molecular weight excluding hydrogens is 437 g/mol. The van der Waals surface area contributed by atoms with Gasteiger partial charge in [-0.1, -0.05) is 25.5 Å². The first-order valence-electron chi connectivity index (χ1n) is 9.97. The zero-order valence-corrected chi connectivity index (χ0v) is 19.0. The van der Waals surface area contributed by atoms with Crippen LogP contribution in [0, 0.1) is 19.7 Å². The molecule has 1 N–H and O–H groups in total. The van der Waals surface area contributed by atoms with E-state index in [2.05, 4.69) is 19.7 Å². The molecule has 170 valence electrons. The summed E-state index contributed by atoms with van der Waals surface area (Å²) in [6, 6.07) is 5.71. The van der Waals surface area contributed by atoms with Gasteiger partial charge in [0.05, 0.1) is 5.75 Å². The van der Waals surface area contributed by atoms with Gasteiger partial charge in [-0.2, -0.15) is 15.0 Å².